The molecule has 0 saturated heterocycles. The van der Waals surface area contributed by atoms with Crippen LogP contribution in [0.5, 0.6) is 0 Å². The fourth-order valence-corrected chi connectivity index (χ4v) is 2.32. The average Bonchev–Trinajstić information content (AvgIpc) is 2.54. The van der Waals surface area contributed by atoms with E-state index in [2.05, 4.69) is 10.6 Å². The zero-order valence-corrected chi connectivity index (χ0v) is 13.7. The number of nitrogens with zero attached hydrogens (tertiary/aromatic N) is 1. The summed E-state index contributed by atoms with van der Waals surface area (Å²) in [6, 6.07) is 9.26. The summed E-state index contributed by atoms with van der Waals surface area (Å²) in [5, 5.41) is 15.8. The second-order valence-corrected chi connectivity index (χ2v) is 5.71. The van der Waals surface area contributed by atoms with Crippen LogP contribution >= 0.6 is 0 Å². The maximum absolute atomic E-state index is 12.5. The minimum atomic E-state index is -4.39. The minimum Gasteiger partial charge on any atom is -0.335 e. The van der Waals surface area contributed by atoms with E-state index in [0.717, 1.165) is 12.1 Å². The molecule has 0 bridgehead atoms. The van der Waals surface area contributed by atoms with Crippen LogP contribution in [0.15, 0.2) is 48.5 Å². The van der Waals surface area contributed by atoms with E-state index in [-0.39, 0.29) is 17.4 Å². The summed E-state index contributed by atoms with van der Waals surface area (Å²) in [4.78, 5) is 22.1. The molecule has 0 aliphatic rings. The zero-order chi connectivity index (χ0) is 19.3. The minimum absolute atomic E-state index is 0.152. The SMILES string of the molecule is CC(Cc1ccc(C(F)(F)F)cc1)NC(=O)Nc1cccc([N+](=O)[O-])c1. The van der Waals surface area contributed by atoms with E-state index in [1.54, 1.807) is 6.92 Å². The second kappa shape index (κ2) is 7.85. The Labute approximate surface area is 147 Å². The summed E-state index contributed by atoms with van der Waals surface area (Å²) in [7, 11) is 0. The molecule has 0 spiro atoms. The van der Waals surface area contributed by atoms with Crippen LogP contribution in [0.25, 0.3) is 0 Å². The summed E-state index contributed by atoms with van der Waals surface area (Å²) in [5.41, 5.74) is 0.0189. The number of benzene rings is 2. The molecule has 2 N–H and O–H groups in total. The molecule has 6 nitrogen and oxygen atoms in total. The monoisotopic (exact) mass is 367 g/mol. The first kappa shape index (κ1) is 19.2. The molecule has 9 heteroatoms. The number of nitrogens with one attached hydrogen (secondary N) is 2. The van der Waals surface area contributed by atoms with Gasteiger partial charge in [-0.25, -0.2) is 4.79 Å². The van der Waals surface area contributed by atoms with E-state index in [1.165, 1.54) is 36.4 Å². The van der Waals surface area contributed by atoms with Gasteiger partial charge in [0.15, 0.2) is 0 Å². The zero-order valence-electron chi connectivity index (χ0n) is 13.7. The van der Waals surface area contributed by atoms with Crippen molar-refractivity contribution < 1.29 is 22.9 Å². The van der Waals surface area contributed by atoms with Crippen molar-refractivity contribution in [2.45, 2.75) is 25.6 Å². The number of rotatable bonds is 5. The molecule has 2 aromatic carbocycles. The van der Waals surface area contributed by atoms with Gasteiger partial charge in [-0.1, -0.05) is 18.2 Å². The highest BCUT2D eigenvalue weighted by atomic mass is 19.4. The third-order valence-corrected chi connectivity index (χ3v) is 3.52. The van der Waals surface area contributed by atoms with Crippen LogP contribution in [-0.2, 0) is 12.6 Å². The number of nitro groups is 1. The molecule has 2 rings (SSSR count). The number of amides is 2. The average molecular weight is 367 g/mol. The topological polar surface area (TPSA) is 84.3 Å². The van der Waals surface area contributed by atoms with Crippen molar-refractivity contribution in [3.8, 4) is 0 Å². The van der Waals surface area contributed by atoms with Crippen LogP contribution in [0, 0.1) is 10.1 Å². The van der Waals surface area contributed by atoms with Gasteiger partial charge in [0.2, 0.25) is 0 Å². The molecule has 2 amide bonds. The number of hydrogen-bond acceptors (Lipinski definition) is 3. The van der Waals surface area contributed by atoms with Gasteiger partial charge in [-0.05, 0) is 37.1 Å². The van der Waals surface area contributed by atoms with Crippen molar-refractivity contribution in [2.75, 3.05) is 5.32 Å². The highest BCUT2D eigenvalue weighted by Gasteiger charge is 2.29. The third-order valence-electron chi connectivity index (χ3n) is 3.52. The van der Waals surface area contributed by atoms with Gasteiger partial charge in [0, 0.05) is 23.9 Å². The summed E-state index contributed by atoms with van der Waals surface area (Å²) >= 11 is 0. The standard InChI is InChI=1S/C17H16F3N3O3/c1-11(9-12-5-7-13(8-6-12)17(18,19)20)21-16(24)22-14-3-2-4-15(10-14)23(25)26/h2-8,10-11H,9H2,1H3,(H2,21,22,24). The van der Waals surface area contributed by atoms with E-state index >= 15 is 0 Å². The quantitative estimate of drug-likeness (QED) is 0.608. The molecule has 138 valence electrons. The molecule has 1 unspecified atom stereocenters. The van der Waals surface area contributed by atoms with Gasteiger partial charge in [0.05, 0.1) is 10.5 Å². The van der Waals surface area contributed by atoms with E-state index in [1.807, 2.05) is 0 Å². The molecule has 0 aliphatic carbocycles. The predicted molar refractivity (Wildman–Crippen MR) is 89.9 cm³/mol. The number of carbonyl (C=O) groups excluding carboxylic acids is 1. The lowest BCUT2D eigenvalue weighted by Gasteiger charge is -2.15. The number of urea groups is 1. The number of nitro benzene ring substituents is 1. The Kier molecular flexibility index (Phi) is 5.81. The van der Waals surface area contributed by atoms with Crippen molar-refractivity contribution in [3.63, 3.8) is 0 Å². The van der Waals surface area contributed by atoms with E-state index < -0.39 is 22.7 Å². The molecular weight excluding hydrogens is 351 g/mol. The molecule has 2 aromatic rings. The Hall–Kier alpha value is -3.10. The number of hydrogen-bond donors (Lipinski definition) is 2. The van der Waals surface area contributed by atoms with Gasteiger partial charge < -0.3 is 10.6 Å². The summed E-state index contributed by atoms with van der Waals surface area (Å²) in [6.07, 6.45) is -4.05. The van der Waals surface area contributed by atoms with Crippen LogP contribution < -0.4 is 10.6 Å². The normalized spacial score (nSPS) is 12.3. The van der Waals surface area contributed by atoms with Crippen molar-refractivity contribution in [1.29, 1.82) is 0 Å². The highest BCUT2D eigenvalue weighted by molar-refractivity contribution is 5.89. The van der Waals surface area contributed by atoms with Crippen LogP contribution in [0.1, 0.15) is 18.1 Å². The largest absolute Gasteiger partial charge is 0.416 e. The van der Waals surface area contributed by atoms with Crippen molar-refractivity contribution in [1.82, 2.24) is 5.32 Å². The van der Waals surface area contributed by atoms with E-state index in [4.69, 9.17) is 0 Å². The summed E-state index contributed by atoms with van der Waals surface area (Å²) in [5.74, 6) is 0. The van der Waals surface area contributed by atoms with E-state index in [0.29, 0.717) is 12.0 Å². The lowest BCUT2D eigenvalue weighted by Crippen LogP contribution is -2.37. The van der Waals surface area contributed by atoms with Gasteiger partial charge >= 0.3 is 12.2 Å². The number of alkyl halides is 3. The lowest BCUT2D eigenvalue weighted by atomic mass is 10.1. The Morgan fingerprint density at radius 2 is 1.85 bits per heavy atom. The van der Waals surface area contributed by atoms with Crippen molar-refractivity contribution in [3.05, 3.63) is 69.8 Å². The van der Waals surface area contributed by atoms with Crippen LogP contribution in [0.2, 0.25) is 0 Å². The van der Waals surface area contributed by atoms with Gasteiger partial charge in [0.25, 0.3) is 5.69 Å². The number of non-ortho nitro benzene ring substituents is 1. The molecule has 26 heavy (non-hydrogen) atoms. The first-order valence-electron chi connectivity index (χ1n) is 7.63. The maximum Gasteiger partial charge on any atom is 0.416 e. The van der Waals surface area contributed by atoms with Crippen molar-refractivity contribution >= 4 is 17.4 Å². The van der Waals surface area contributed by atoms with Crippen LogP contribution in [-0.4, -0.2) is 17.0 Å². The first-order valence-corrected chi connectivity index (χ1v) is 7.63. The van der Waals surface area contributed by atoms with Gasteiger partial charge in [-0.3, -0.25) is 10.1 Å². The molecular formula is C17H16F3N3O3. The third kappa shape index (κ3) is 5.47. The van der Waals surface area contributed by atoms with Gasteiger partial charge in [0.1, 0.15) is 0 Å². The molecule has 0 radical (unpaired) electrons. The van der Waals surface area contributed by atoms with Crippen LogP contribution in [0.4, 0.5) is 29.3 Å². The molecule has 0 saturated carbocycles. The maximum atomic E-state index is 12.5. The van der Waals surface area contributed by atoms with Crippen LogP contribution in [0.3, 0.4) is 0 Å². The Bertz CT molecular complexity index is 792. The van der Waals surface area contributed by atoms with E-state index in [9.17, 15) is 28.1 Å². The fourth-order valence-electron chi connectivity index (χ4n) is 2.32. The Morgan fingerprint density at radius 1 is 1.19 bits per heavy atom. The summed E-state index contributed by atoms with van der Waals surface area (Å²) < 4.78 is 37.6. The lowest BCUT2D eigenvalue weighted by molar-refractivity contribution is -0.384. The number of anilines is 1. The summed E-state index contributed by atoms with van der Waals surface area (Å²) in [6.45, 7) is 1.70. The highest BCUT2D eigenvalue weighted by Crippen LogP contribution is 2.29. The molecule has 1 atom stereocenters. The first-order chi connectivity index (χ1) is 12.1. The molecule has 0 aliphatic heterocycles. The van der Waals surface area contributed by atoms with Gasteiger partial charge in [-0.2, -0.15) is 13.2 Å². The van der Waals surface area contributed by atoms with Gasteiger partial charge in [-0.15, -0.1) is 0 Å². The number of halogens is 3. The predicted octanol–water partition coefficient (Wildman–Crippen LogP) is 4.37. The fraction of sp³-hybridized carbons (Fsp3) is 0.235. The Balaban J connectivity index is 1.91. The molecule has 0 aromatic heterocycles. The Morgan fingerprint density at radius 3 is 2.42 bits per heavy atom. The van der Waals surface area contributed by atoms with Crippen molar-refractivity contribution in [2.24, 2.45) is 0 Å². The molecule has 0 heterocycles. The smallest absolute Gasteiger partial charge is 0.335 e. The molecule has 0 fully saturated rings. The number of carbonyl (C=O) groups is 1. The second-order valence-electron chi connectivity index (χ2n) is 5.71.